The largest absolute Gasteiger partial charge is 0.333 e. The number of hydrogen-bond acceptors (Lipinski definition) is 5. The number of carbonyl (C=O) groups is 1. The molecule has 0 saturated carbocycles. The molecule has 7 heteroatoms. The first kappa shape index (κ1) is 22.7. The molecule has 0 N–H and O–H groups in total. The predicted octanol–water partition coefficient (Wildman–Crippen LogP) is 4.70. The number of para-hydroxylation sites is 1. The van der Waals surface area contributed by atoms with Crippen molar-refractivity contribution >= 4 is 28.6 Å². The molecule has 0 spiro atoms. The van der Waals surface area contributed by atoms with Crippen LogP contribution in [-0.4, -0.2) is 36.6 Å². The lowest BCUT2D eigenvalue weighted by Gasteiger charge is -2.36. The lowest BCUT2D eigenvalue weighted by atomic mass is 10.0. The summed E-state index contributed by atoms with van der Waals surface area (Å²) in [6.07, 6.45) is 3.28. The van der Waals surface area contributed by atoms with E-state index in [0.29, 0.717) is 28.3 Å². The minimum atomic E-state index is -0.354. The Hall–Kier alpha value is -3.45. The van der Waals surface area contributed by atoms with E-state index in [4.69, 9.17) is 4.98 Å². The van der Waals surface area contributed by atoms with Gasteiger partial charge in [-0.1, -0.05) is 54.2 Å². The predicted molar refractivity (Wildman–Crippen MR) is 133 cm³/mol. The minimum absolute atomic E-state index is 0.0171. The van der Waals surface area contributed by atoms with Crippen LogP contribution in [-0.2, 0) is 11.3 Å². The van der Waals surface area contributed by atoms with Crippen LogP contribution in [0, 0.1) is 0 Å². The Morgan fingerprint density at radius 3 is 2.42 bits per heavy atom. The van der Waals surface area contributed by atoms with E-state index in [1.807, 2.05) is 80.3 Å². The molecule has 0 bridgehead atoms. The van der Waals surface area contributed by atoms with Crippen LogP contribution in [0.1, 0.15) is 26.3 Å². The number of aromatic nitrogens is 3. The van der Waals surface area contributed by atoms with Gasteiger partial charge in [0.1, 0.15) is 0 Å². The third-order valence-electron chi connectivity index (χ3n) is 5.27. The average Bonchev–Trinajstić information content (AvgIpc) is 2.81. The molecular weight excluding hydrogens is 432 g/mol. The number of amides is 1. The van der Waals surface area contributed by atoms with Crippen molar-refractivity contribution in [1.82, 2.24) is 19.4 Å². The van der Waals surface area contributed by atoms with Crippen LogP contribution in [0.2, 0.25) is 0 Å². The lowest BCUT2D eigenvalue weighted by molar-refractivity contribution is -0.133. The summed E-state index contributed by atoms with van der Waals surface area (Å²) in [4.78, 5) is 37.4. The fourth-order valence-corrected chi connectivity index (χ4v) is 4.48. The van der Waals surface area contributed by atoms with Crippen LogP contribution in [0.3, 0.4) is 0 Å². The zero-order valence-corrected chi connectivity index (χ0v) is 19.7. The van der Waals surface area contributed by atoms with Crippen molar-refractivity contribution in [2.75, 3.05) is 5.75 Å². The summed E-state index contributed by atoms with van der Waals surface area (Å²) >= 11 is 1.27. The van der Waals surface area contributed by atoms with E-state index in [2.05, 4.69) is 4.98 Å². The number of benzene rings is 2. The van der Waals surface area contributed by atoms with Crippen molar-refractivity contribution in [3.63, 3.8) is 0 Å². The van der Waals surface area contributed by atoms with Gasteiger partial charge in [-0.25, -0.2) is 4.98 Å². The molecule has 33 heavy (non-hydrogen) atoms. The van der Waals surface area contributed by atoms with Crippen molar-refractivity contribution in [1.29, 1.82) is 0 Å². The second kappa shape index (κ2) is 9.58. The number of nitrogens with zero attached hydrogens (tertiary/aromatic N) is 4. The van der Waals surface area contributed by atoms with Gasteiger partial charge < -0.3 is 4.90 Å². The monoisotopic (exact) mass is 458 g/mol. The minimum Gasteiger partial charge on any atom is -0.333 e. The van der Waals surface area contributed by atoms with Crippen molar-refractivity contribution in [3.8, 4) is 5.69 Å². The number of carbonyl (C=O) groups excluding carboxylic acids is 1. The average molecular weight is 459 g/mol. The Morgan fingerprint density at radius 2 is 1.73 bits per heavy atom. The number of hydrogen-bond donors (Lipinski definition) is 0. The Balaban J connectivity index is 1.67. The van der Waals surface area contributed by atoms with Crippen LogP contribution in [0.4, 0.5) is 0 Å². The van der Waals surface area contributed by atoms with E-state index in [-0.39, 0.29) is 22.8 Å². The Kier molecular flexibility index (Phi) is 6.60. The maximum atomic E-state index is 13.3. The number of fused-ring (bicyclic) bond motifs is 1. The smallest absolute Gasteiger partial charge is 0.266 e. The van der Waals surface area contributed by atoms with Crippen LogP contribution in [0.25, 0.3) is 16.6 Å². The molecule has 4 rings (SSSR count). The third-order valence-corrected chi connectivity index (χ3v) is 6.19. The van der Waals surface area contributed by atoms with Gasteiger partial charge in [0.15, 0.2) is 5.16 Å². The summed E-state index contributed by atoms with van der Waals surface area (Å²) in [5.74, 6) is 0.145. The molecule has 0 saturated heterocycles. The van der Waals surface area contributed by atoms with E-state index in [9.17, 15) is 9.59 Å². The number of pyridine rings is 1. The van der Waals surface area contributed by atoms with Crippen LogP contribution in [0.15, 0.2) is 89.1 Å². The van der Waals surface area contributed by atoms with Gasteiger partial charge in [0.2, 0.25) is 5.91 Å². The fraction of sp³-hybridized carbons (Fsp3) is 0.231. The first-order valence-electron chi connectivity index (χ1n) is 10.7. The zero-order chi connectivity index (χ0) is 23.4. The molecule has 2 aromatic heterocycles. The molecule has 0 aliphatic heterocycles. The maximum absolute atomic E-state index is 13.3. The lowest BCUT2D eigenvalue weighted by Crippen LogP contribution is -2.46. The van der Waals surface area contributed by atoms with E-state index in [1.165, 1.54) is 16.3 Å². The second-order valence-corrected chi connectivity index (χ2v) is 9.63. The molecule has 0 aliphatic carbocycles. The molecule has 2 aromatic carbocycles. The van der Waals surface area contributed by atoms with Gasteiger partial charge in [0, 0.05) is 18.3 Å². The Bertz CT molecular complexity index is 1320. The van der Waals surface area contributed by atoms with E-state index in [1.54, 1.807) is 24.5 Å². The van der Waals surface area contributed by atoms with Crippen molar-refractivity contribution in [2.45, 2.75) is 38.0 Å². The quantitative estimate of drug-likeness (QED) is 0.309. The van der Waals surface area contributed by atoms with Gasteiger partial charge >= 0.3 is 0 Å². The van der Waals surface area contributed by atoms with Gasteiger partial charge in [-0.2, -0.15) is 0 Å². The van der Waals surface area contributed by atoms with E-state index in [0.717, 1.165) is 5.56 Å². The van der Waals surface area contributed by atoms with Gasteiger partial charge in [0.05, 0.1) is 28.5 Å². The zero-order valence-electron chi connectivity index (χ0n) is 18.9. The summed E-state index contributed by atoms with van der Waals surface area (Å²) in [6, 6.07) is 20.8. The summed E-state index contributed by atoms with van der Waals surface area (Å²) < 4.78 is 1.53. The molecule has 4 aromatic rings. The summed E-state index contributed by atoms with van der Waals surface area (Å²) in [7, 11) is 0. The molecular formula is C26H26N4O2S. The van der Waals surface area contributed by atoms with Crippen LogP contribution in [0.5, 0.6) is 0 Å². The number of thioether (sulfide) groups is 1. The topological polar surface area (TPSA) is 68.1 Å². The Morgan fingerprint density at radius 1 is 1.00 bits per heavy atom. The molecule has 2 heterocycles. The van der Waals surface area contributed by atoms with Gasteiger partial charge in [0.25, 0.3) is 5.56 Å². The van der Waals surface area contributed by atoms with Crippen molar-refractivity contribution in [3.05, 3.63) is 95.0 Å². The molecule has 0 fully saturated rings. The molecule has 0 unspecified atom stereocenters. The van der Waals surface area contributed by atoms with Gasteiger partial charge in [-0.05, 0) is 50.6 Å². The first-order valence-corrected chi connectivity index (χ1v) is 11.7. The van der Waals surface area contributed by atoms with Gasteiger partial charge in [-0.3, -0.25) is 19.1 Å². The normalized spacial score (nSPS) is 11.5. The fourth-order valence-electron chi connectivity index (χ4n) is 3.59. The first-order chi connectivity index (χ1) is 15.8. The highest BCUT2D eigenvalue weighted by molar-refractivity contribution is 7.99. The Labute approximate surface area is 197 Å². The third kappa shape index (κ3) is 5.14. The van der Waals surface area contributed by atoms with E-state index >= 15 is 0 Å². The number of rotatable bonds is 6. The molecule has 0 aliphatic rings. The van der Waals surface area contributed by atoms with Crippen LogP contribution >= 0.6 is 11.8 Å². The van der Waals surface area contributed by atoms with E-state index < -0.39 is 0 Å². The van der Waals surface area contributed by atoms with Crippen molar-refractivity contribution < 1.29 is 4.79 Å². The highest BCUT2D eigenvalue weighted by Gasteiger charge is 2.27. The molecule has 0 radical (unpaired) electrons. The highest BCUT2D eigenvalue weighted by Crippen LogP contribution is 2.24. The highest BCUT2D eigenvalue weighted by atomic mass is 32.2. The summed E-state index contributed by atoms with van der Waals surface area (Å²) in [6.45, 7) is 6.60. The maximum Gasteiger partial charge on any atom is 0.266 e. The second-order valence-electron chi connectivity index (χ2n) is 8.69. The standard InChI is InChI=1S/C26H26N4O2S/c1-26(2,3)29(17-19-10-5-4-6-11-19)23(31)18-33-25-28-22-14-8-7-13-21(22)24(32)30(25)20-12-9-15-27-16-20/h4-16H,17-18H2,1-3H3. The summed E-state index contributed by atoms with van der Waals surface area (Å²) in [5.41, 5.74) is 1.76. The SMILES string of the molecule is CC(C)(C)N(Cc1ccccc1)C(=O)CSc1nc2ccccc2c(=O)n1-c1cccnc1. The molecule has 1 amide bonds. The molecule has 0 atom stereocenters. The molecule has 6 nitrogen and oxygen atoms in total. The van der Waals surface area contributed by atoms with Gasteiger partial charge in [-0.15, -0.1) is 0 Å². The van der Waals surface area contributed by atoms with Crippen LogP contribution < -0.4 is 5.56 Å². The summed E-state index contributed by atoms with van der Waals surface area (Å²) in [5, 5.41) is 0.992. The molecule has 168 valence electrons. The van der Waals surface area contributed by atoms with Crippen molar-refractivity contribution in [2.24, 2.45) is 0 Å².